The van der Waals surface area contributed by atoms with Crippen molar-refractivity contribution in [1.82, 2.24) is 5.48 Å². The van der Waals surface area contributed by atoms with E-state index < -0.39 is 11.7 Å². The van der Waals surface area contributed by atoms with E-state index in [1.54, 1.807) is 12.1 Å². The van der Waals surface area contributed by atoms with Gasteiger partial charge < -0.3 is 5.32 Å². The minimum atomic E-state index is -1.14. The number of aryl methyl sites for hydroxylation is 1. The van der Waals surface area contributed by atoms with Gasteiger partial charge in [-0.1, -0.05) is 48.9 Å². The summed E-state index contributed by atoms with van der Waals surface area (Å²) in [5.74, 6) is -1.60. The number of hydroxylamine groups is 1. The number of fused-ring (bicyclic) bond motifs is 1. The molecule has 0 saturated heterocycles. The van der Waals surface area contributed by atoms with Crippen molar-refractivity contribution < 1.29 is 14.4 Å². The molecule has 1 amide bonds. The highest BCUT2D eigenvalue weighted by Gasteiger charge is 2.27. The van der Waals surface area contributed by atoms with Gasteiger partial charge >= 0.3 is 5.91 Å². The molecule has 1 aliphatic heterocycles. The fourth-order valence-corrected chi connectivity index (χ4v) is 3.71. The highest BCUT2D eigenvalue weighted by atomic mass is 19.1. The summed E-state index contributed by atoms with van der Waals surface area (Å²) < 4.78 is 13.4. The average Bonchev–Trinajstić information content (AvgIpc) is 3.01. The Morgan fingerprint density at radius 1 is 1.19 bits per heavy atom. The number of halogens is 1. The molecule has 2 aromatic carbocycles. The largest absolute Gasteiger partial charge is 0.382 e. The molecule has 5 heteroatoms. The van der Waals surface area contributed by atoms with E-state index >= 15 is 0 Å². The summed E-state index contributed by atoms with van der Waals surface area (Å²) in [6.45, 7) is 2.24. The molecule has 2 aromatic rings. The lowest BCUT2D eigenvalue weighted by atomic mass is 9.90. The van der Waals surface area contributed by atoms with E-state index in [2.05, 4.69) is 36.5 Å². The van der Waals surface area contributed by atoms with Crippen molar-refractivity contribution in [2.24, 2.45) is 0 Å². The summed E-state index contributed by atoms with van der Waals surface area (Å²) in [7, 11) is 0. The number of amides is 1. The van der Waals surface area contributed by atoms with Crippen LogP contribution < -0.4 is 10.8 Å². The van der Waals surface area contributed by atoms with E-state index in [0.29, 0.717) is 17.5 Å². The van der Waals surface area contributed by atoms with Gasteiger partial charge in [-0.25, -0.2) is 9.87 Å². The Labute approximate surface area is 159 Å². The molecule has 2 unspecified atom stereocenters. The Bertz CT molecular complexity index is 817. The van der Waals surface area contributed by atoms with Gasteiger partial charge in [-0.2, -0.15) is 0 Å². The molecule has 3 N–H and O–H groups in total. The van der Waals surface area contributed by atoms with Crippen LogP contribution in [0.1, 0.15) is 48.8 Å². The van der Waals surface area contributed by atoms with Crippen molar-refractivity contribution in [1.29, 1.82) is 0 Å². The third-order valence-electron chi connectivity index (χ3n) is 5.17. The van der Waals surface area contributed by atoms with Crippen molar-refractivity contribution >= 4 is 17.7 Å². The summed E-state index contributed by atoms with van der Waals surface area (Å²) in [4.78, 5) is 11.0. The molecule has 142 valence electrons. The number of carbonyl (C=O) groups is 1. The second-order valence-electron chi connectivity index (χ2n) is 7.05. The molecule has 0 spiro atoms. The molecule has 0 aromatic heterocycles. The number of anilines is 1. The zero-order valence-corrected chi connectivity index (χ0v) is 15.4. The zero-order chi connectivity index (χ0) is 19.2. The van der Waals surface area contributed by atoms with Gasteiger partial charge in [0, 0.05) is 17.6 Å². The summed E-state index contributed by atoms with van der Waals surface area (Å²) in [5.41, 5.74) is 5.74. The lowest BCUT2D eigenvalue weighted by Crippen LogP contribution is -2.18. The van der Waals surface area contributed by atoms with E-state index in [1.165, 1.54) is 22.3 Å². The molecule has 0 fully saturated rings. The van der Waals surface area contributed by atoms with Gasteiger partial charge in [-0.3, -0.25) is 10.0 Å². The lowest BCUT2D eigenvalue weighted by Gasteiger charge is -2.16. The van der Waals surface area contributed by atoms with E-state index in [9.17, 15) is 9.18 Å². The third-order valence-corrected chi connectivity index (χ3v) is 5.17. The van der Waals surface area contributed by atoms with E-state index in [0.717, 1.165) is 31.8 Å². The molecule has 0 bridgehead atoms. The fraction of sp³-hybridized carbons (Fsp3) is 0.318. The molecule has 0 aliphatic carbocycles. The topological polar surface area (TPSA) is 61.4 Å². The number of benzene rings is 2. The first-order valence-corrected chi connectivity index (χ1v) is 9.34. The lowest BCUT2D eigenvalue weighted by molar-refractivity contribution is -0.126. The highest BCUT2D eigenvalue weighted by molar-refractivity contribution is 5.94. The van der Waals surface area contributed by atoms with Gasteiger partial charge in [0.05, 0.1) is 0 Å². The number of unbranched alkanes of at least 4 members (excludes halogenated alkanes) is 1. The van der Waals surface area contributed by atoms with Crippen molar-refractivity contribution in [2.75, 3.05) is 5.32 Å². The molecule has 4 nitrogen and oxygen atoms in total. The van der Waals surface area contributed by atoms with Crippen molar-refractivity contribution in [3.63, 3.8) is 0 Å². The van der Waals surface area contributed by atoms with Crippen LogP contribution >= 0.6 is 0 Å². The molecule has 2 atom stereocenters. The number of carbonyl (C=O) groups excluding carboxylic acids is 1. The first-order valence-electron chi connectivity index (χ1n) is 9.34. The van der Waals surface area contributed by atoms with Crippen molar-refractivity contribution in [2.45, 2.75) is 44.6 Å². The van der Waals surface area contributed by atoms with Gasteiger partial charge in [-0.15, -0.1) is 0 Å². The maximum atomic E-state index is 13.4. The standard InChI is InChI=1S/C22H25FN2O2/c1-15-18(19-8-4-5-9-21(19)24-15)7-3-2-6-16-10-12-17(13-11-16)14-20(23)22(26)25-27/h4-5,8-15,18,24,27H,2-3,6-7H2,1H3,(H,25,26)/b20-14-. The van der Waals surface area contributed by atoms with Crippen LogP contribution in [-0.4, -0.2) is 17.2 Å². The number of hydrogen-bond acceptors (Lipinski definition) is 3. The highest BCUT2D eigenvalue weighted by Crippen LogP contribution is 2.38. The van der Waals surface area contributed by atoms with Crippen molar-refractivity contribution in [3.05, 3.63) is 71.0 Å². The molecular formula is C22H25FN2O2. The number of para-hydroxylation sites is 1. The van der Waals surface area contributed by atoms with Gasteiger partial charge in [0.2, 0.25) is 0 Å². The average molecular weight is 368 g/mol. The Kier molecular flexibility index (Phi) is 6.24. The van der Waals surface area contributed by atoms with Gasteiger partial charge in [0.15, 0.2) is 5.83 Å². The van der Waals surface area contributed by atoms with E-state index in [-0.39, 0.29) is 0 Å². The fourth-order valence-electron chi connectivity index (χ4n) is 3.71. The molecule has 0 radical (unpaired) electrons. The summed E-state index contributed by atoms with van der Waals surface area (Å²) in [6.07, 6.45) is 5.48. The summed E-state index contributed by atoms with van der Waals surface area (Å²) >= 11 is 0. The molecule has 0 saturated carbocycles. The van der Waals surface area contributed by atoms with Crippen LogP contribution in [0.25, 0.3) is 6.08 Å². The monoisotopic (exact) mass is 368 g/mol. The van der Waals surface area contributed by atoms with Crippen LogP contribution in [0.2, 0.25) is 0 Å². The smallest absolute Gasteiger partial charge is 0.303 e. The molecule has 1 heterocycles. The number of hydrogen-bond donors (Lipinski definition) is 3. The van der Waals surface area contributed by atoms with Gasteiger partial charge in [0.1, 0.15) is 0 Å². The Hall–Kier alpha value is -2.66. The first kappa shape index (κ1) is 19.1. The maximum absolute atomic E-state index is 13.4. The maximum Gasteiger partial charge on any atom is 0.303 e. The normalized spacial score (nSPS) is 18.7. The second kappa shape index (κ2) is 8.82. The van der Waals surface area contributed by atoms with Crippen LogP contribution in [0.4, 0.5) is 10.1 Å². The van der Waals surface area contributed by atoms with Crippen LogP contribution in [-0.2, 0) is 11.2 Å². The number of rotatable bonds is 7. The first-order chi connectivity index (χ1) is 13.1. The molecule has 1 aliphatic rings. The minimum Gasteiger partial charge on any atom is -0.382 e. The van der Waals surface area contributed by atoms with Crippen LogP contribution in [0.5, 0.6) is 0 Å². The van der Waals surface area contributed by atoms with Gasteiger partial charge in [0.25, 0.3) is 0 Å². The van der Waals surface area contributed by atoms with E-state index in [4.69, 9.17) is 5.21 Å². The molecule has 3 rings (SSSR count). The minimum absolute atomic E-state index is 0.472. The predicted molar refractivity (Wildman–Crippen MR) is 105 cm³/mol. The zero-order valence-electron chi connectivity index (χ0n) is 15.4. The van der Waals surface area contributed by atoms with Crippen LogP contribution in [0.3, 0.4) is 0 Å². The summed E-state index contributed by atoms with van der Waals surface area (Å²) in [5, 5.41) is 12.0. The van der Waals surface area contributed by atoms with Crippen LogP contribution in [0.15, 0.2) is 54.4 Å². The SMILES string of the molecule is CC1Nc2ccccc2C1CCCCc1ccc(/C=C(\F)C(=O)NO)cc1. The van der Waals surface area contributed by atoms with Crippen molar-refractivity contribution in [3.8, 4) is 0 Å². The molecular weight excluding hydrogens is 343 g/mol. The Morgan fingerprint density at radius 3 is 2.67 bits per heavy atom. The Morgan fingerprint density at radius 2 is 1.93 bits per heavy atom. The predicted octanol–water partition coefficient (Wildman–Crippen LogP) is 4.81. The number of nitrogens with one attached hydrogen (secondary N) is 2. The quantitative estimate of drug-likeness (QED) is 0.284. The Balaban J connectivity index is 1.48. The van der Waals surface area contributed by atoms with Crippen LogP contribution in [0, 0.1) is 0 Å². The second-order valence-corrected chi connectivity index (χ2v) is 7.05. The third kappa shape index (κ3) is 4.74. The van der Waals surface area contributed by atoms with E-state index in [1.807, 2.05) is 12.1 Å². The summed E-state index contributed by atoms with van der Waals surface area (Å²) in [6, 6.07) is 16.5. The molecule has 27 heavy (non-hydrogen) atoms. The van der Waals surface area contributed by atoms with Gasteiger partial charge in [-0.05, 0) is 55.0 Å².